The zero-order valence-corrected chi connectivity index (χ0v) is 16.7. The molecule has 0 bridgehead atoms. The molecule has 0 fully saturated rings. The SMILES string of the molecule is CC(C)c1c(P(P)PP)nc2ccccc2c1C(C)C. The zero-order valence-electron chi connectivity index (χ0n) is 12.5. The summed E-state index contributed by atoms with van der Waals surface area (Å²) in [7, 11) is 6.52. The molecule has 2 rings (SSSR count). The van der Waals surface area contributed by atoms with Gasteiger partial charge in [0.05, 0.1) is 11.0 Å². The van der Waals surface area contributed by atoms with Gasteiger partial charge in [-0.05, 0) is 36.3 Å². The van der Waals surface area contributed by atoms with E-state index in [-0.39, 0.29) is 7.30 Å². The van der Waals surface area contributed by atoms with Crippen LogP contribution in [0.25, 0.3) is 10.9 Å². The van der Waals surface area contributed by atoms with Crippen LogP contribution in [0.3, 0.4) is 0 Å². The molecule has 4 atom stereocenters. The van der Waals surface area contributed by atoms with E-state index in [2.05, 4.69) is 69.8 Å². The van der Waals surface area contributed by atoms with Crippen molar-refractivity contribution in [1.29, 1.82) is 0 Å². The Morgan fingerprint density at radius 1 is 1.05 bits per heavy atom. The molecule has 1 aromatic heterocycles. The second-order valence-corrected chi connectivity index (χ2v) is 14.7. The van der Waals surface area contributed by atoms with Crippen LogP contribution >= 0.6 is 33.1 Å². The average Bonchev–Trinajstić information content (AvgIpc) is 2.43. The molecule has 1 heterocycles. The van der Waals surface area contributed by atoms with E-state index in [1.165, 1.54) is 21.9 Å². The number of benzene rings is 1. The van der Waals surface area contributed by atoms with Crippen molar-refractivity contribution in [2.45, 2.75) is 39.5 Å². The van der Waals surface area contributed by atoms with Gasteiger partial charge in [-0.1, -0.05) is 53.9 Å². The van der Waals surface area contributed by atoms with Gasteiger partial charge in [-0.3, -0.25) is 0 Å². The summed E-state index contributed by atoms with van der Waals surface area (Å²) in [5.74, 6) is 1.05. The molecule has 0 aliphatic heterocycles. The minimum absolute atomic E-state index is 0.245. The Morgan fingerprint density at radius 2 is 1.65 bits per heavy atom. The van der Waals surface area contributed by atoms with Gasteiger partial charge in [0.2, 0.25) is 0 Å². The van der Waals surface area contributed by atoms with Gasteiger partial charge < -0.3 is 0 Å². The summed E-state index contributed by atoms with van der Waals surface area (Å²) in [5, 5.41) is 1.33. The van der Waals surface area contributed by atoms with Gasteiger partial charge in [-0.2, -0.15) is 0 Å². The Kier molecular flexibility index (Phi) is 5.91. The van der Waals surface area contributed by atoms with E-state index in [1.807, 2.05) is 0 Å². The third-order valence-corrected chi connectivity index (χ3v) is 13.3. The van der Waals surface area contributed by atoms with E-state index in [1.54, 1.807) is 0 Å². The van der Waals surface area contributed by atoms with Gasteiger partial charge in [-0.25, -0.2) is 4.98 Å². The summed E-state index contributed by atoms with van der Waals surface area (Å²) in [6, 6.07) is 8.59. The van der Waals surface area contributed by atoms with Crippen LogP contribution in [0.15, 0.2) is 24.3 Å². The average molecular weight is 341 g/mol. The summed E-state index contributed by atoms with van der Waals surface area (Å²) in [5.41, 5.74) is 5.46. The molecular formula is C15H23NP4. The van der Waals surface area contributed by atoms with Crippen molar-refractivity contribution >= 4 is 49.5 Å². The van der Waals surface area contributed by atoms with Gasteiger partial charge in [0.25, 0.3) is 0 Å². The Morgan fingerprint density at radius 3 is 2.20 bits per heavy atom. The van der Waals surface area contributed by atoms with Crippen molar-refractivity contribution < 1.29 is 0 Å². The predicted molar refractivity (Wildman–Crippen MR) is 104 cm³/mol. The molecule has 0 radical (unpaired) electrons. The second kappa shape index (κ2) is 7.07. The van der Waals surface area contributed by atoms with Gasteiger partial charge in [0.1, 0.15) is 0 Å². The summed E-state index contributed by atoms with van der Waals surface area (Å²) in [6.45, 7) is 9.18. The first-order valence-electron chi connectivity index (χ1n) is 6.91. The fourth-order valence-electron chi connectivity index (χ4n) is 2.67. The van der Waals surface area contributed by atoms with Crippen molar-refractivity contribution in [3.63, 3.8) is 0 Å². The number of fused-ring (bicyclic) bond motifs is 1. The van der Waals surface area contributed by atoms with Gasteiger partial charge in [0.15, 0.2) is 0 Å². The smallest absolute Gasteiger partial charge is 0.0758 e. The monoisotopic (exact) mass is 341 g/mol. The van der Waals surface area contributed by atoms with Crippen LogP contribution < -0.4 is 5.44 Å². The molecule has 0 spiro atoms. The Hall–Kier alpha value is 0.350. The summed E-state index contributed by atoms with van der Waals surface area (Å²) in [4.78, 5) is 5.01. The minimum Gasteiger partial charge on any atom is -0.247 e. The topological polar surface area (TPSA) is 12.9 Å². The number of nitrogens with zero attached hydrogens (tertiary/aromatic N) is 1. The van der Waals surface area contributed by atoms with E-state index < -0.39 is 0 Å². The summed E-state index contributed by atoms with van der Waals surface area (Å²) >= 11 is 0. The standard InChI is InChI=1S/C15H23NP4/c1-9(2)13-11-7-5-6-8-12(11)16-15(20(18)19-17)14(13)10(3)4/h5-10,19H,17-18H2,1-4H3. The van der Waals surface area contributed by atoms with Crippen LogP contribution in [0.1, 0.15) is 50.7 Å². The lowest BCUT2D eigenvalue weighted by molar-refractivity contribution is 0.799. The lowest BCUT2D eigenvalue weighted by atomic mass is 9.89. The number of para-hydroxylation sites is 1. The maximum absolute atomic E-state index is 5.01. The maximum Gasteiger partial charge on any atom is 0.0758 e. The third kappa shape index (κ3) is 3.23. The molecule has 0 saturated carbocycles. The van der Waals surface area contributed by atoms with Crippen LogP contribution in [0, 0.1) is 0 Å². The highest BCUT2D eigenvalue weighted by Gasteiger charge is 2.22. The van der Waals surface area contributed by atoms with Gasteiger partial charge >= 0.3 is 0 Å². The third-order valence-electron chi connectivity index (χ3n) is 3.47. The van der Waals surface area contributed by atoms with E-state index in [9.17, 15) is 0 Å². The minimum atomic E-state index is -0.245. The van der Waals surface area contributed by atoms with Gasteiger partial charge in [-0.15, -0.1) is 17.9 Å². The van der Waals surface area contributed by atoms with Crippen LogP contribution in [0.4, 0.5) is 0 Å². The molecule has 0 N–H and O–H groups in total. The lowest BCUT2D eigenvalue weighted by Crippen LogP contribution is -2.16. The van der Waals surface area contributed by atoms with Crippen molar-refractivity contribution in [2.75, 3.05) is 0 Å². The van der Waals surface area contributed by atoms with Crippen LogP contribution in [-0.4, -0.2) is 4.98 Å². The fraction of sp³-hybridized carbons (Fsp3) is 0.400. The molecule has 0 aliphatic carbocycles. The molecule has 4 unspecified atom stereocenters. The van der Waals surface area contributed by atoms with Crippen molar-refractivity contribution in [3.8, 4) is 0 Å². The number of hydrogen-bond acceptors (Lipinski definition) is 1. The van der Waals surface area contributed by atoms with Crippen molar-refractivity contribution in [3.05, 3.63) is 35.4 Å². The molecule has 0 amide bonds. The van der Waals surface area contributed by atoms with E-state index in [4.69, 9.17) is 4.98 Å². The quantitative estimate of drug-likeness (QED) is 0.644. The summed E-state index contributed by atoms with van der Waals surface area (Å²) < 4.78 is 0. The van der Waals surface area contributed by atoms with Crippen LogP contribution in [0.5, 0.6) is 0 Å². The predicted octanol–water partition coefficient (Wildman–Crippen LogP) is 5.76. The molecule has 1 nitrogen and oxygen atoms in total. The Balaban J connectivity index is 2.88. The Bertz CT molecular complexity index is 610. The highest BCUT2D eigenvalue weighted by molar-refractivity contribution is 8.63. The molecular weight excluding hydrogens is 318 g/mol. The molecule has 5 heteroatoms. The van der Waals surface area contributed by atoms with E-state index in [0.717, 1.165) is 13.5 Å². The summed E-state index contributed by atoms with van der Waals surface area (Å²) in [6.07, 6.45) is 0. The molecule has 0 saturated heterocycles. The number of rotatable bonds is 4. The number of pyridine rings is 1. The molecule has 20 heavy (non-hydrogen) atoms. The lowest BCUT2D eigenvalue weighted by Gasteiger charge is -2.24. The molecule has 0 aliphatic rings. The fourth-order valence-corrected chi connectivity index (χ4v) is 6.22. The molecule has 2 aromatic rings. The zero-order chi connectivity index (χ0) is 14.9. The van der Waals surface area contributed by atoms with Crippen LogP contribution in [0.2, 0.25) is 0 Å². The van der Waals surface area contributed by atoms with E-state index in [0.29, 0.717) is 11.8 Å². The maximum atomic E-state index is 5.01. The van der Waals surface area contributed by atoms with Gasteiger partial charge in [0, 0.05) is 5.39 Å². The second-order valence-electron chi connectivity index (χ2n) is 5.59. The molecule has 108 valence electrons. The first-order valence-corrected chi connectivity index (χ1v) is 13.5. The van der Waals surface area contributed by atoms with Crippen molar-refractivity contribution in [1.82, 2.24) is 4.98 Å². The number of aromatic nitrogens is 1. The molecule has 1 aromatic carbocycles. The van der Waals surface area contributed by atoms with Crippen molar-refractivity contribution in [2.24, 2.45) is 0 Å². The van der Waals surface area contributed by atoms with Crippen LogP contribution in [-0.2, 0) is 0 Å². The first kappa shape index (κ1) is 16.7. The first-order chi connectivity index (χ1) is 9.47. The Labute approximate surface area is 129 Å². The highest BCUT2D eigenvalue weighted by Crippen LogP contribution is 2.65. The van der Waals surface area contributed by atoms with E-state index >= 15 is 0 Å². The normalized spacial score (nSPS) is 14.0. The number of hydrogen-bond donors (Lipinski definition) is 0. The largest absolute Gasteiger partial charge is 0.247 e. The highest BCUT2D eigenvalue weighted by atomic mass is 32.6.